The second-order valence-electron chi connectivity index (χ2n) is 4.09. The molecule has 1 atom stereocenters. The van der Waals surface area contributed by atoms with Crippen molar-refractivity contribution in [2.45, 2.75) is 25.9 Å². The molecule has 5 heteroatoms. The highest BCUT2D eigenvalue weighted by molar-refractivity contribution is 6.30. The molecule has 96 valence electrons. The third-order valence-electron chi connectivity index (χ3n) is 2.98. The van der Waals surface area contributed by atoms with E-state index in [9.17, 15) is 0 Å². The first-order valence-electron chi connectivity index (χ1n) is 6.04. The molecule has 0 aliphatic heterocycles. The molecule has 18 heavy (non-hydrogen) atoms. The number of rotatable bonds is 5. The Labute approximate surface area is 112 Å². The lowest BCUT2D eigenvalue weighted by atomic mass is 10.0. The van der Waals surface area contributed by atoms with Gasteiger partial charge in [0, 0.05) is 24.0 Å². The van der Waals surface area contributed by atoms with Gasteiger partial charge in [-0.05, 0) is 31.7 Å². The summed E-state index contributed by atoms with van der Waals surface area (Å²) in [7, 11) is 1.94. The van der Waals surface area contributed by atoms with Gasteiger partial charge in [-0.3, -0.25) is 4.68 Å². The van der Waals surface area contributed by atoms with Crippen molar-refractivity contribution in [2.75, 3.05) is 7.05 Å². The highest BCUT2D eigenvalue weighted by Gasteiger charge is 2.14. The third kappa shape index (κ3) is 2.89. The molecule has 1 N–H and O–H groups in total. The van der Waals surface area contributed by atoms with Crippen molar-refractivity contribution in [2.24, 2.45) is 0 Å². The largest absolute Gasteiger partial charge is 0.313 e. The maximum absolute atomic E-state index is 6.03. The number of nitrogens with one attached hydrogen (secondary N) is 1. The topological polar surface area (TPSA) is 42.7 Å². The molecule has 1 aromatic heterocycles. The first-order valence-corrected chi connectivity index (χ1v) is 6.41. The molecule has 0 radical (unpaired) electrons. The van der Waals surface area contributed by atoms with E-state index in [-0.39, 0.29) is 6.04 Å². The summed E-state index contributed by atoms with van der Waals surface area (Å²) >= 11 is 6.03. The second-order valence-corrected chi connectivity index (χ2v) is 4.53. The number of aromatic nitrogens is 3. The van der Waals surface area contributed by atoms with E-state index >= 15 is 0 Å². The molecule has 4 nitrogen and oxygen atoms in total. The van der Waals surface area contributed by atoms with Crippen LogP contribution in [0, 0.1) is 0 Å². The molecule has 0 aliphatic carbocycles. The summed E-state index contributed by atoms with van der Waals surface area (Å²) in [5, 5.41) is 8.23. The summed E-state index contributed by atoms with van der Waals surface area (Å²) in [5.74, 6) is 0.983. The van der Waals surface area contributed by atoms with Crippen molar-refractivity contribution in [3.8, 4) is 0 Å². The number of halogens is 1. The lowest BCUT2D eigenvalue weighted by Crippen LogP contribution is -2.21. The van der Waals surface area contributed by atoms with Crippen LogP contribution in [0.5, 0.6) is 0 Å². The van der Waals surface area contributed by atoms with Crippen LogP contribution in [0.1, 0.15) is 24.4 Å². The Morgan fingerprint density at radius 2 is 2.28 bits per heavy atom. The minimum absolute atomic E-state index is 0.193. The molecule has 0 spiro atoms. The van der Waals surface area contributed by atoms with Gasteiger partial charge in [-0.15, -0.1) is 0 Å². The van der Waals surface area contributed by atoms with Gasteiger partial charge in [0.25, 0.3) is 0 Å². The molecule has 1 unspecified atom stereocenters. The van der Waals surface area contributed by atoms with Crippen LogP contribution in [0.3, 0.4) is 0 Å². The summed E-state index contributed by atoms with van der Waals surface area (Å²) in [6, 6.07) is 8.09. The zero-order chi connectivity index (χ0) is 13.0. The fourth-order valence-corrected chi connectivity index (χ4v) is 2.20. The Balaban J connectivity index is 2.20. The molecule has 2 rings (SSSR count). The van der Waals surface area contributed by atoms with E-state index < -0.39 is 0 Å². The molecule has 0 bridgehead atoms. The first kappa shape index (κ1) is 13.1. The van der Waals surface area contributed by atoms with Crippen LogP contribution in [-0.2, 0) is 13.0 Å². The van der Waals surface area contributed by atoms with Crippen molar-refractivity contribution in [3.05, 3.63) is 47.0 Å². The monoisotopic (exact) mass is 264 g/mol. The molecule has 1 aromatic carbocycles. The van der Waals surface area contributed by atoms with Gasteiger partial charge in [0.15, 0.2) is 0 Å². The Morgan fingerprint density at radius 1 is 1.44 bits per heavy atom. The van der Waals surface area contributed by atoms with Crippen molar-refractivity contribution < 1.29 is 0 Å². The number of benzene rings is 1. The van der Waals surface area contributed by atoms with Gasteiger partial charge >= 0.3 is 0 Å². The summed E-state index contributed by atoms with van der Waals surface area (Å²) < 4.78 is 1.91. The van der Waals surface area contributed by atoms with Gasteiger partial charge in [-0.1, -0.05) is 23.7 Å². The number of hydrogen-bond donors (Lipinski definition) is 1. The lowest BCUT2D eigenvalue weighted by molar-refractivity contribution is 0.533. The third-order valence-corrected chi connectivity index (χ3v) is 3.22. The summed E-state index contributed by atoms with van der Waals surface area (Å²) in [5.41, 5.74) is 1.16. The number of likely N-dealkylation sites (N-methyl/N-ethyl adjacent to an activating group) is 1. The molecule has 0 saturated heterocycles. The Bertz CT molecular complexity index is 509. The predicted octanol–water partition coefficient (Wildman–Crippen LogP) is 2.45. The fraction of sp³-hybridized carbons (Fsp3) is 0.385. The molecular weight excluding hydrogens is 248 g/mol. The lowest BCUT2D eigenvalue weighted by Gasteiger charge is -2.16. The second kappa shape index (κ2) is 5.98. The molecule has 0 amide bonds. The van der Waals surface area contributed by atoms with Gasteiger partial charge in [0.1, 0.15) is 12.2 Å². The van der Waals surface area contributed by atoms with Crippen LogP contribution < -0.4 is 5.32 Å². The maximum Gasteiger partial charge on any atom is 0.138 e. The first-order chi connectivity index (χ1) is 8.74. The Kier molecular flexibility index (Phi) is 4.33. The number of hydrogen-bond acceptors (Lipinski definition) is 3. The van der Waals surface area contributed by atoms with Gasteiger partial charge < -0.3 is 5.32 Å². The molecule has 0 aliphatic rings. The zero-order valence-corrected chi connectivity index (χ0v) is 11.4. The highest BCUT2D eigenvalue weighted by Crippen LogP contribution is 2.20. The van der Waals surface area contributed by atoms with Crippen LogP contribution >= 0.6 is 11.6 Å². The smallest absolute Gasteiger partial charge is 0.138 e. The summed E-state index contributed by atoms with van der Waals surface area (Å²) in [4.78, 5) is 4.30. The van der Waals surface area contributed by atoms with Crippen molar-refractivity contribution >= 4 is 11.6 Å². The average Bonchev–Trinajstić information content (AvgIpc) is 2.83. The van der Waals surface area contributed by atoms with E-state index in [4.69, 9.17) is 11.6 Å². The van der Waals surface area contributed by atoms with Gasteiger partial charge in [-0.2, -0.15) is 5.10 Å². The molecule has 0 fully saturated rings. The average molecular weight is 265 g/mol. The van der Waals surface area contributed by atoms with Crippen LogP contribution in [0.25, 0.3) is 0 Å². The zero-order valence-electron chi connectivity index (χ0n) is 10.6. The fourth-order valence-electron chi connectivity index (χ4n) is 2.00. The number of nitrogens with zero attached hydrogens (tertiary/aromatic N) is 3. The van der Waals surface area contributed by atoms with Gasteiger partial charge in [0.2, 0.25) is 0 Å². The highest BCUT2D eigenvalue weighted by atomic mass is 35.5. The van der Waals surface area contributed by atoms with Crippen LogP contribution in [0.2, 0.25) is 5.02 Å². The molecule has 2 aromatic rings. The van der Waals surface area contributed by atoms with E-state index in [1.807, 2.05) is 29.9 Å². The summed E-state index contributed by atoms with van der Waals surface area (Å²) in [6.07, 6.45) is 2.40. The standard InChI is InChI=1S/C13H17ClN4/c1-3-18-13(16-9-17-18)8-12(15-2)10-5-4-6-11(14)7-10/h4-7,9,12,15H,3,8H2,1-2H3. The quantitative estimate of drug-likeness (QED) is 0.902. The van der Waals surface area contributed by atoms with Crippen molar-refractivity contribution in [3.63, 3.8) is 0 Å². The van der Waals surface area contributed by atoms with E-state index in [1.165, 1.54) is 0 Å². The molecular formula is C13H17ClN4. The maximum atomic E-state index is 6.03. The van der Waals surface area contributed by atoms with Crippen molar-refractivity contribution in [1.82, 2.24) is 20.1 Å². The molecule has 1 heterocycles. The Morgan fingerprint density at radius 3 is 2.94 bits per heavy atom. The van der Waals surface area contributed by atoms with E-state index in [1.54, 1.807) is 6.33 Å². The van der Waals surface area contributed by atoms with Crippen LogP contribution in [0.4, 0.5) is 0 Å². The van der Waals surface area contributed by atoms with E-state index in [0.29, 0.717) is 0 Å². The minimum Gasteiger partial charge on any atom is -0.313 e. The van der Waals surface area contributed by atoms with E-state index in [0.717, 1.165) is 29.4 Å². The Hall–Kier alpha value is -1.39. The molecule has 0 saturated carbocycles. The summed E-state index contributed by atoms with van der Waals surface area (Å²) in [6.45, 7) is 2.90. The van der Waals surface area contributed by atoms with Crippen LogP contribution in [-0.4, -0.2) is 21.8 Å². The van der Waals surface area contributed by atoms with Crippen LogP contribution in [0.15, 0.2) is 30.6 Å². The SMILES string of the molecule is CCn1ncnc1CC(NC)c1cccc(Cl)c1. The predicted molar refractivity (Wildman–Crippen MR) is 72.7 cm³/mol. The minimum atomic E-state index is 0.193. The van der Waals surface area contributed by atoms with Gasteiger partial charge in [-0.25, -0.2) is 4.98 Å². The van der Waals surface area contributed by atoms with E-state index in [2.05, 4.69) is 28.4 Å². The number of aryl methyl sites for hydroxylation is 1. The van der Waals surface area contributed by atoms with Gasteiger partial charge in [0.05, 0.1) is 0 Å². The normalized spacial score (nSPS) is 12.6. The van der Waals surface area contributed by atoms with Crippen molar-refractivity contribution in [1.29, 1.82) is 0 Å².